The van der Waals surface area contributed by atoms with Crippen LogP contribution in [0.3, 0.4) is 0 Å². The summed E-state index contributed by atoms with van der Waals surface area (Å²) in [5, 5.41) is 1.99. The molecule has 1 fully saturated rings. The molecule has 0 unspecified atom stereocenters. The van der Waals surface area contributed by atoms with Crippen molar-refractivity contribution in [3.05, 3.63) is 75.7 Å². The minimum Gasteiger partial charge on any atom is -0.469 e. The minimum atomic E-state index is -4.08. The molecule has 3 aromatic carbocycles. The maximum Gasteiger partial charge on any atom is 0.307 e. The first-order valence-corrected chi connectivity index (χ1v) is 14.6. The number of carbonyl (C=O) groups is 3. The van der Waals surface area contributed by atoms with Crippen molar-refractivity contribution in [3.63, 3.8) is 0 Å². The van der Waals surface area contributed by atoms with E-state index in [2.05, 4.69) is 15.9 Å². The zero-order valence-electron chi connectivity index (χ0n) is 21.2. The average Bonchev–Trinajstić information content (AvgIpc) is 2.92. The third-order valence-electron chi connectivity index (χ3n) is 6.61. The monoisotopic (exact) mass is 636 g/mol. The van der Waals surface area contributed by atoms with Crippen LogP contribution in [0.2, 0.25) is 5.02 Å². The summed E-state index contributed by atoms with van der Waals surface area (Å²) in [5.41, 5.74) is 0.326. The van der Waals surface area contributed by atoms with Crippen molar-refractivity contribution >= 4 is 66.2 Å². The normalized spacial score (nSPS) is 18.1. The van der Waals surface area contributed by atoms with Gasteiger partial charge in [0.05, 0.1) is 44.0 Å². The van der Waals surface area contributed by atoms with Crippen LogP contribution < -0.4 is 0 Å². The third-order valence-corrected chi connectivity index (χ3v) is 9.20. The van der Waals surface area contributed by atoms with Crippen molar-refractivity contribution in [1.29, 1.82) is 0 Å². The number of hydrogen-bond donors (Lipinski definition) is 0. The standard InChI is InChI=1S/C27H26BrClN2O7S/c1-37-25(32)13-22-15-30(39(35,36)24-10-6-18-11-21(29)9-5-19(18)12-24)16-23(14-26(33)38-2)31(22)27(34)17-3-7-20(28)8-4-17/h3-12,22-23H,13-16H2,1-2H3/t22-,23+. The Bertz CT molecular complexity index is 1490. The summed E-state index contributed by atoms with van der Waals surface area (Å²) in [6.45, 7) is -0.341. The predicted octanol–water partition coefficient (Wildman–Crippen LogP) is 4.27. The second kappa shape index (κ2) is 12.0. The molecule has 0 bridgehead atoms. The second-order valence-corrected chi connectivity index (χ2v) is 12.4. The van der Waals surface area contributed by atoms with E-state index in [1.165, 1.54) is 29.5 Å². The van der Waals surface area contributed by atoms with Crippen molar-refractivity contribution in [2.24, 2.45) is 0 Å². The lowest BCUT2D eigenvalue weighted by molar-refractivity contribution is -0.143. The summed E-state index contributed by atoms with van der Waals surface area (Å²) in [4.78, 5) is 39.9. The van der Waals surface area contributed by atoms with Gasteiger partial charge in [-0.1, -0.05) is 39.7 Å². The summed E-state index contributed by atoms with van der Waals surface area (Å²) in [6, 6.07) is 14.7. The fourth-order valence-corrected chi connectivity index (χ4v) is 6.67. The van der Waals surface area contributed by atoms with Gasteiger partial charge in [-0.3, -0.25) is 14.4 Å². The Labute approximate surface area is 239 Å². The van der Waals surface area contributed by atoms with Crippen LogP contribution in [-0.2, 0) is 29.1 Å². The van der Waals surface area contributed by atoms with Crippen molar-refractivity contribution in [3.8, 4) is 0 Å². The molecule has 0 radical (unpaired) electrons. The smallest absolute Gasteiger partial charge is 0.307 e. The van der Waals surface area contributed by atoms with E-state index in [1.807, 2.05) is 0 Å². The van der Waals surface area contributed by atoms with Crippen LogP contribution in [0.4, 0.5) is 0 Å². The lowest BCUT2D eigenvalue weighted by Gasteiger charge is -2.45. The fourth-order valence-electron chi connectivity index (χ4n) is 4.67. The Balaban J connectivity index is 1.75. The van der Waals surface area contributed by atoms with Crippen LogP contribution >= 0.6 is 27.5 Å². The van der Waals surface area contributed by atoms with E-state index in [1.54, 1.807) is 54.6 Å². The summed E-state index contributed by atoms with van der Waals surface area (Å²) < 4.78 is 39.4. The molecule has 12 heteroatoms. The van der Waals surface area contributed by atoms with Crippen LogP contribution in [0.5, 0.6) is 0 Å². The maximum absolute atomic E-state index is 13.8. The number of esters is 2. The molecule has 4 rings (SSSR count). The Morgan fingerprint density at radius 1 is 0.872 bits per heavy atom. The molecular formula is C27H26BrClN2O7S. The van der Waals surface area contributed by atoms with Crippen molar-refractivity contribution in [1.82, 2.24) is 9.21 Å². The quantitative estimate of drug-likeness (QED) is 0.356. The number of methoxy groups -OCH3 is 2. The molecule has 2 atom stereocenters. The Kier molecular flexibility index (Phi) is 8.95. The van der Waals surface area contributed by atoms with Crippen molar-refractivity contribution < 1.29 is 32.3 Å². The molecule has 39 heavy (non-hydrogen) atoms. The van der Waals surface area contributed by atoms with Gasteiger partial charge >= 0.3 is 11.9 Å². The van der Waals surface area contributed by atoms with Gasteiger partial charge in [-0.25, -0.2) is 8.42 Å². The molecule has 1 saturated heterocycles. The number of nitrogens with zero attached hydrogens (tertiary/aromatic N) is 2. The number of halogens is 2. The molecule has 0 aliphatic carbocycles. The van der Waals surface area contributed by atoms with E-state index in [-0.39, 0.29) is 30.8 Å². The van der Waals surface area contributed by atoms with E-state index < -0.39 is 40.0 Å². The largest absolute Gasteiger partial charge is 0.469 e. The van der Waals surface area contributed by atoms with Gasteiger partial charge in [0.1, 0.15) is 0 Å². The molecule has 3 aromatic rings. The Hall–Kier alpha value is -2.99. The first kappa shape index (κ1) is 29.0. The van der Waals surface area contributed by atoms with Gasteiger partial charge in [0.15, 0.2) is 0 Å². The van der Waals surface area contributed by atoms with Gasteiger partial charge in [0, 0.05) is 28.1 Å². The molecule has 1 heterocycles. The predicted molar refractivity (Wildman–Crippen MR) is 149 cm³/mol. The summed E-state index contributed by atoms with van der Waals surface area (Å²) >= 11 is 9.41. The van der Waals surface area contributed by atoms with Crippen LogP contribution in [-0.4, -0.2) is 74.9 Å². The van der Waals surface area contributed by atoms with Gasteiger partial charge in [0.2, 0.25) is 10.0 Å². The molecule has 0 saturated carbocycles. The SMILES string of the molecule is COC(=O)C[C@@H]1CN(S(=O)(=O)c2ccc3cc(Cl)ccc3c2)C[C@H](CC(=O)OC)N1C(=O)c1ccc(Br)cc1. The number of sulfonamides is 1. The van der Waals surface area contributed by atoms with Crippen molar-refractivity contribution in [2.45, 2.75) is 29.8 Å². The molecule has 0 aromatic heterocycles. The number of fused-ring (bicyclic) bond motifs is 1. The highest BCUT2D eigenvalue weighted by Crippen LogP contribution is 2.30. The molecule has 1 amide bonds. The van der Waals surface area contributed by atoms with E-state index in [0.29, 0.717) is 16.0 Å². The lowest BCUT2D eigenvalue weighted by atomic mass is 10.00. The number of piperazine rings is 1. The molecule has 1 aliphatic heterocycles. The fraction of sp³-hybridized carbons (Fsp3) is 0.296. The van der Waals surface area contributed by atoms with Crippen molar-refractivity contribution in [2.75, 3.05) is 27.3 Å². The maximum atomic E-state index is 13.8. The highest BCUT2D eigenvalue weighted by atomic mass is 79.9. The second-order valence-electron chi connectivity index (χ2n) is 9.06. The van der Waals surface area contributed by atoms with E-state index in [0.717, 1.165) is 9.86 Å². The lowest BCUT2D eigenvalue weighted by Crippen LogP contribution is -2.62. The first-order chi connectivity index (χ1) is 18.5. The number of amides is 1. The van der Waals surface area contributed by atoms with Crippen LogP contribution in [0.1, 0.15) is 23.2 Å². The third kappa shape index (κ3) is 6.43. The summed E-state index contributed by atoms with van der Waals surface area (Å²) in [5.74, 6) is -1.68. The van der Waals surface area contributed by atoms with E-state index in [4.69, 9.17) is 21.1 Å². The number of ether oxygens (including phenoxy) is 2. The number of hydrogen-bond acceptors (Lipinski definition) is 7. The van der Waals surface area contributed by atoms with Gasteiger partial charge < -0.3 is 14.4 Å². The first-order valence-electron chi connectivity index (χ1n) is 11.9. The highest BCUT2D eigenvalue weighted by Gasteiger charge is 2.44. The molecule has 206 valence electrons. The molecular weight excluding hydrogens is 612 g/mol. The summed E-state index contributed by atoms with van der Waals surface area (Å²) in [7, 11) is -1.65. The van der Waals surface area contributed by atoms with Gasteiger partial charge in [-0.15, -0.1) is 0 Å². The van der Waals surface area contributed by atoms with Crippen LogP contribution in [0.25, 0.3) is 10.8 Å². The Morgan fingerprint density at radius 2 is 1.41 bits per heavy atom. The number of benzene rings is 3. The molecule has 0 N–H and O–H groups in total. The summed E-state index contributed by atoms with van der Waals surface area (Å²) in [6.07, 6.45) is -0.530. The van der Waals surface area contributed by atoms with E-state index in [9.17, 15) is 22.8 Å². The van der Waals surface area contributed by atoms with Gasteiger partial charge in [-0.05, 0) is 59.3 Å². The average molecular weight is 638 g/mol. The number of carbonyl (C=O) groups excluding carboxylic acids is 3. The molecule has 9 nitrogen and oxygen atoms in total. The zero-order valence-corrected chi connectivity index (χ0v) is 24.3. The highest BCUT2D eigenvalue weighted by molar-refractivity contribution is 9.10. The minimum absolute atomic E-state index is 0.0404. The Morgan fingerprint density at radius 3 is 1.97 bits per heavy atom. The molecule has 1 aliphatic rings. The zero-order chi connectivity index (χ0) is 28.3. The van der Waals surface area contributed by atoms with Gasteiger partial charge in [-0.2, -0.15) is 4.31 Å². The van der Waals surface area contributed by atoms with Gasteiger partial charge in [0.25, 0.3) is 5.91 Å². The number of rotatable bonds is 7. The van der Waals surface area contributed by atoms with Crippen LogP contribution in [0.15, 0.2) is 70.0 Å². The molecule has 0 spiro atoms. The van der Waals surface area contributed by atoms with Crippen LogP contribution in [0, 0.1) is 0 Å². The topological polar surface area (TPSA) is 110 Å². The van der Waals surface area contributed by atoms with E-state index >= 15 is 0 Å².